The number of thiophene rings is 2. The highest BCUT2D eigenvalue weighted by atomic mass is 32.1. The molecule has 0 aliphatic rings. The fourth-order valence-corrected chi connectivity index (χ4v) is 10.5. The molecule has 52 heavy (non-hydrogen) atoms. The molecule has 11 aromatic rings. The quantitative estimate of drug-likeness (QED) is 0.172. The van der Waals surface area contributed by atoms with E-state index in [1.807, 2.05) is 22.7 Å². The first-order valence-corrected chi connectivity index (χ1v) is 19.4. The molecule has 2 heteroatoms. The summed E-state index contributed by atoms with van der Waals surface area (Å²) in [5.74, 6) is 0. The van der Waals surface area contributed by atoms with Crippen LogP contribution in [0.1, 0.15) is 0 Å². The molecule has 0 fully saturated rings. The lowest BCUT2D eigenvalue weighted by molar-refractivity contribution is 1.58. The fourth-order valence-electron chi connectivity index (χ4n) is 7.81. The van der Waals surface area contributed by atoms with Crippen molar-refractivity contribution in [2.45, 2.75) is 0 Å². The first-order chi connectivity index (χ1) is 25.7. The Balaban J connectivity index is 0.907. The molecule has 11 rings (SSSR count). The average Bonchev–Trinajstić information content (AvgIpc) is 3.74. The van der Waals surface area contributed by atoms with E-state index >= 15 is 0 Å². The maximum Gasteiger partial charge on any atom is 0.0542 e. The zero-order chi connectivity index (χ0) is 34.2. The van der Waals surface area contributed by atoms with Crippen LogP contribution in [0, 0.1) is 0 Å². The van der Waals surface area contributed by atoms with Crippen molar-refractivity contribution >= 4 is 84.6 Å². The van der Waals surface area contributed by atoms with Gasteiger partial charge in [-0.1, -0.05) is 140 Å². The van der Waals surface area contributed by atoms with Crippen LogP contribution >= 0.6 is 22.7 Å². The Labute approximate surface area is 309 Å². The molecule has 0 amide bonds. The van der Waals surface area contributed by atoms with Crippen LogP contribution in [0.4, 0.5) is 0 Å². The normalized spacial score (nSPS) is 11.8. The van der Waals surface area contributed by atoms with Crippen LogP contribution in [-0.2, 0) is 0 Å². The van der Waals surface area contributed by atoms with E-state index in [1.54, 1.807) is 0 Å². The van der Waals surface area contributed by atoms with Gasteiger partial charge in [-0.2, -0.15) is 0 Å². The van der Waals surface area contributed by atoms with Gasteiger partial charge in [-0.15, -0.1) is 22.7 Å². The maximum atomic E-state index is 2.40. The molecule has 2 heterocycles. The van der Waals surface area contributed by atoms with E-state index in [2.05, 4.69) is 182 Å². The Morgan fingerprint density at radius 1 is 0.231 bits per heavy atom. The molecule has 9 aromatic carbocycles. The summed E-state index contributed by atoms with van der Waals surface area (Å²) in [5.41, 5.74) is 9.88. The minimum absolute atomic E-state index is 1.23. The second-order valence-electron chi connectivity index (χ2n) is 13.8. The van der Waals surface area contributed by atoms with E-state index in [1.165, 1.54) is 106 Å². The van der Waals surface area contributed by atoms with Crippen molar-refractivity contribution in [1.82, 2.24) is 0 Å². The largest absolute Gasteiger partial charge is 0.134 e. The number of hydrogen-bond acceptors (Lipinski definition) is 2. The molecule has 242 valence electrons. The number of rotatable bonds is 4. The summed E-state index contributed by atoms with van der Waals surface area (Å²) in [7, 11) is 0. The van der Waals surface area contributed by atoms with Gasteiger partial charge < -0.3 is 0 Å². The van der Waals surface area contributed by atoms with Crippen LogP contribution in [0.5, 0.6) is 0 Å². The Kier molecular flexibility index (Phi) is 6.70. The summed E-state index contributed by atoms with van der Waals surface area (Å²) in [5, 5.41) is 10.5. The molecular formula is C50H30S2. The van der Waals surface area contributed by atoms with Crippen molar-refractivity contribution in [3.63, 3.8) is 0 Å². The molecule has 0 atom stereocenters. The molecular weight excluding hydrogens is 665 g/mol. The SMILES string of the molecule is c1ccc(-c2ccc(-c3ccc(-c4ccc5ccc(-c6ccc7cc8c(cc7c6)sc6c7cc9ccccc9cc7sc86)cc5c4)cc3)cc2)cc1. The Morgan fingerprint density at radius 3 is 1.12 bits per heavy atom. The number of hydrogen-bond donors (Lipinski definition) is 0. The summed E-state index contributed by atoms with van der Waals surface area (Å²) < 4.78 is 5.56. The van der Waals surface area contributed by atoms with Crippen LogP contribution < -0.4 is 0 Å². The van der Waals surface area contributed by atoms with Gasteiger partial charge in [0, 0.05) is 20.2 Å². The highest BCUT2D eigenvalue weighted by Gasteiger charge is 2.14. The minimum Gasteiger partial charge on any atom is -0.134 e. The molecule has 2 aromatic heterocycles. The lowest BCUT2D eigenvalue weighted by atomic mass is 9.95. The lowest BCUT2D eigenvalue weighted by Crippen LogP contribution is -1.84. The third-order valence-electron chi connectivity index (χ3n) is 10.6. The van der Waals surface area contributed by atoms with Gasteiger partial charge in [0.1, 0.15) is 0 Å². The molecule has 0 aliphatic heterocycles. The van der Waals surface area contributed by atoms with Gasteiger partial charge in [0.25, 0.3) is 0 Å². The van der Waals surface area contributed by atoms with E-state index in [0.717, 1.165) is 0 Å². The van der Waals surface area contributed by atoms with Gasteiger partial charge in [0.05, 0.1) is 9.40 Å². The monoisotopic (exact) mass is 694 g/mol. The van der Waals surface area contributed by atoms with Gasteiger partial charge >= 0.3 is 0 Å². The second-order valence-corrected chi connectivity index (χ2v) is 15.9. The van der Waals surface area contributed by atoms with Crippen molar-refractivity contribution < 1.29 is 0 Å². The first kappa shape index (κ1) is 29.6. The van der Waals surface area contributed by atoms with Crippen molar-refractivity contribution in [2.24, 2.45) is 0 Å². The molecule has 0 spiro atoms. The van der Waals surface area contributed by atoms with E-state index in [0.29, 0.717) is 0 Å². The Hall–Kier alpha value is -6.06. The number of benzene rings is 9. The molecule has 0 saturated heterocycles. The van der Waals surface area contributed by atoms with Crippen LogP contribution in [0.2, 0.25) is 0 Å². The zero-order valence-electron chi connectivity index (χ0n) is 28.1. The summed E-state index contributed by atoms with van der Waals surface area (Å²) >= 11 is 3.87. The van der Waals surface area contributed by atoms with Crippen molar-refractivity contribution in [2.75, 3.05) is 0 Å². The molecule has 0 nitrogen and oxygen atoms in total. The van der Waals surface area contributed by atoms with Crippen LogP contribution in [0.25, 0.3) is 106 Å². The first-order valence-electron chi connectivity index (χ1n) is 17.7. The minimum atomic E-state index is 1.23. The highest BCUT2D eigenvalue weighted by molar-refractivity contribution is 7.36. The maximum absolute atomic E-state index is 2.40. The third kappa shape index (κ3) is 4.95. The van der Waals surface area contributed by atoms with Gasteiger partial charge in [-0.25, -0.2) is 0 Å². The van der Waals surface area contributed by atoms with E-state index in [9.17, 15) is 0 Å². The molecule has 0 saturated carbocycles. The molecule has 0 N–H and O–H groups in total. The van der Waals surface area contributed by atoms with E-state index in [-0.39, 0.29) is 0 Å². The summed E-state index contributed by atoms with van der Waals surface area (Å²) in [6.07, 6.45) is 0. The Morgan fingerprint density at radius 2 is 0.577 bits per heavy atom. The highest BCUT2D eigenvalue weighted by Crippen LogP contribution is 2.46. The predicted molar refractivity (Wildman–Crippen MR) is 229 cm³/mol. The third-order valence-corrected chi connectivity index (χ3v) is 13.1. The van der Waals surface area contributed by atoms with Gasteiger partial charge in [0.2, 0.25) is 0 Å². The molecule has 0 bridgehead atoms. The van der Waals surface area contributed by atoms with Crippen LogP contribution in [-0.4, -0.2) is 0 Å². The van der Waals surface area contributed by atoms with Crippen molar-refractivity contribution in [1.29, 1.82) is 0 Å². The molecule has 0 radical (unpaired) electrons. The Bertz CT molecular complexity index is 3140. The lowest BCUT2D eigenvalue weighted by Gasteiger charge is -2.09. The van der Waals surface area contributed by atoms with Crippen LogP contribution in [0.15, 0.2) is 182 Å². The fraction of sp³-hybridized carbons (Fsp3) is 0. The van der Waals surface area contributed by atoms with Crippen LogP contribution in [0.3, 0.4) is 0 Å². The van der Waals surface area contributed by atoms with E-state index < -0.39 is 0 Å². The summed E-state index contributed by atoms with van der Waals surface area (Å²) in [6.45, 7) is 0. The number of fused-ring (bicyclic) bond motifs is 8. The summed E-state index contributed by atoms with van der Waals surface area (Å²) in [4.78, 5) is 0. The van der Waals surface area contributed by atoms with Gasteiger partial charge in [0.15, 0.2) is 0 Å². The molecule has 0 aliphatic carbocycles. The van der Waals surface area contributed by atoms with Crippen molar-refractivity contribution in [3.05, 3.63) is 182 Å². The standard InChI is InChI=1S/C50H30S2/c1-2-6-31(7-3-1)32-10-12-33(13-11-32)34-14-16-35(17-15-34)39-20-18-36-19-21-40(25-43(36)24-39)41-22-23-42-28-46-48(30-44(42)26-41)52-49-45-27-37-8-4-5-9-38(37)29-47(45)51-50(46)49/h1-30H. The van der Waals surface area contributed by atoms with Crippen molar-refractivity contribution in [3.8, 4) is 44.5 Å². The topological polar surface area (TPSA) is 0 Å². The zero-order valence-corrected chi connectivity index (χ0v) is 29.8. The smallest absolute Gasteiger partial charge is 0.0542 e. The average molecular weight is 695 g/mol. The van der Waals surface area contributed by atoms with Gasteiger partial charge in [-0.3, -0.25) is 0 Å². The second kappa shape index (κ2) is 11.7. The predicted octanol–water partition coefficient (Wildman–Crippen LogP) is 15.4. The molecule has 0 unspecified atom stereocenters. The van der Waals surface area contributed by atoms with Gasteiger partial charge in [-0.05, 0) is 119 Å². The summed E-state index contributed by atoms with van der Waals surface area (Å²) in [6, 6.07) is 67.2. The van der Waals surface area contributed by atoms with E-state index in [4.69, 9.17) is 0 Å².